The molecule has 20 heavy (non-hydrogen) atoms. The van der Waals surface area contributed by atoms with Gasteiger partial charge < -0.3 is 15.8 Å². The van der Waals surface area contributed by atoms with Crippen LogP contribution in [0.3, 0.4) is 0 Å². The number of carbonyl (C=O) groups excluding carboxylic acids is 1. The third-order valence-corrected chi connectivity index (χ3v) is 2.63. The van der Waals surface area contributed by atoms with Crippen LogP contribution in [0.1, 0.15) is 11.4 Å². The summed E-state index contributed by atoms with van der Waals surface area (Å²) in [5, 5.41) is 9.65. The Bertz CT molecular complexity index is 563. The summed E-state index contributed by atoms with van der Waals surface area (Å²) in [4.78, 5) is 11.8. The molecule has 1 aromatic carbocycles. The second kappa shape index (κ2) is 6.72. The summed E-state index contributed by atoms with van der Waals surface area (Å²) in [6.45, 7) is 2.85. The van der Waals surface area contributed by atoms with Gasteiger partial charge in [-0.3, -0.25) is 9.89 Å². The van der Waals surface area contributed by atoms with Crippen molar-refractivity contribution in [2.75, 3.05) is 18.5 Å². The molecule has 1 aromatic heterocycles. The van der Waals surface area contributed by atoms with Crippen LogP contribution in [0.15, 0.2) is 30.3 Å². The molecular weight excluding hydrogens is 256 g/mol. The van der Waals surface area contributed by atoms with Gasteiger partial charge in [0.1, 0.15) is 12.4 Å². The van der Waals surface area contributed by atoms with Crippen LogP contribution in [-0.4, -0.2) is 29.3 Å². The van der Waals surface area contributed by atoms with Gasteiger partial charge in [-0.2, -0.15) is 5.10 Å². The Kier molecular flexibility index (Phi) is 4.73. The summed E-state index contributed by atoms with van der Waals surface area (Å²) in [6, 6.07) is 9.02. The van der Waals surface area contributed by atoms with Crippen LogP contribution in [0.2, 0.25) is 0 Å². The van der Waals surface area contributed by atoms with E-state index in [9.17, 15) is 4.79 Å². The summed E-state index contributed by atoms with van der Waals surface area (Å²) in [5.74, 6) is 0.628. The van der Waals surface area contributed by atoms with Crippen molar-refractivity contribution < 1.29 is 9.53 Å². The number of nitrogens with two attached hydrogens (primary N) is 1. The second-order valence-electron chi connectivity index (χ2n) is 4.43. The molecule has 0 spiro atoms. The maximum absolute atomic E-state index is 11.8. The summed E-state index contributed by atoms with van der Waals surface area (Å²) in [5.41, 5.74) is 7.75. The molecule has 0 saturated carbocycles. The van der Waals surface area contributed by atoms with Crippen LogP contribution in [0.4, 0.5) is 5.69 Å². The number of anilines is 1. The molecule has 2 aromatic rings. The van der Waals surface area contributed by atoms with Crippen molar-refractivity contribution in [3.05, 3.63) is 41.7 Å². The van der Waals surface area contributed by atoms with E-state index in [1.54, 1.807) is 24.3 Å². The number of nitrogens with zero attached hydrogens (tertiary/aromatic N) is 1. The fourth-order valence-corrected chi connectivity index (χ4v) is 1.75. The molecule has 2 rings (SSSR count). The lowest BCUT2D eigenvalue weighted by Gasteiger charge is -2.07. The highest BCUT2D eigenvalue weighted by atomic mass is 16.5. The number of benzene rings is 1. The van der Waals surface area contributed by atoms with Crippen molar-refractivity contribution in [1.82, 2.24) is 10.2 Å². The number of carbonyl (C=O) groups is 1. The van der Waals surface area contributed by atoms with Crippen LogP contribution < -0.4 is 15.8 Å². The molecule has 4 N–H and O–H groups in total. The Morgan fingerprint density at radius 1 is 1.40 bits per heavy atom. The fourth-order valence-electron chi connectivity index (χ4n) is 1.75. The van der Waals surface area contributed by atoms with Crippen molar-refractivity contribution in [3.63, 3.8) is 0 Å². The van der Waals surface area contributed by atoms with E-state index in [2.05, 4.69) is 15.5 Å². The number of ether oxygens (including phenoxy) is 1. The van der Waals surface area contributed by atoms with E-state index in [0.29, 0.717) is 13.2 Å². The van der Waals surface area contributed by atoms with Gasteiger partial charge >= 0.3 is 0 Å². The lowest BCUT2D eigenvalue weighted by molar-refractivity contribution is -0.115. The van der Waals surface area contributed by atoms with E-state index in [4.69, 9.17) is 10.5 Å². The van der Waals surface area contributed by atoms with Gasteiger partial charge in [0.05, 0.1) is 12.1 Å². The minimum Gasteiger partial charge on any atom is -0.492 e. The van der Waals surface area contributed by atoms with Crippen LogP contribution in [0, 0.1) is 6.92 Å². The van der Waals surface area contributed by atoms with Crippen LogP contribution >= 0.6 is 0 Å². The molecule has 6 nitrogen and oxygen atoms in total. The van der Waals surface area contributed by atoms with Crippen LogP contribution in [0.5, 0.6) is 5.75 Å². The van der Waals surface area contributed by atoms with Crippen molar-refractivity contribution >= 4 is 11.6 Å². The van der Waals surface area contributed by atoms with E-state index >= 15 is 0 Å². The van der Waals surface area contributed by atoms with Gasteiger partial charge in [-0.1, -0.05) is 0 Å². The third kappa shape index (κ3) is 4.10. The number of aromatic nitrogens is 2. The monoisotopic (exact) mass is 274 g/mol. The number of aryl methyl sites for hydroxylation is 1. The number of amides is 1. The quantitative estimate of drug-likeness (QED) is 0.738. The number of nitrogens with one attached hydrogen (secondary N) is 2. The van der Waals surface area contributed by atoms with Crippen molar-refractivity contribution in [2.45, 2.75) is 13.3 Å². The lowest BCUT2D eigenvalue weighted by atomic mass is 10.2. The largest absolute Gasteiger partial charge is 0.492 e. The van der Waals surface area contributed by atoms with E-state index in [-0.39, 0.29) is 12.3 Å². The number of rotatable bonds is 6. The van der Waals surface area contributed by atoms with Gasteiger partial charge in [-0.05, 0) is 37.3 Å². The first-order chi connectivity index (χ1) is 9.67. The Labute approximate surface area is 117 Å². The van der Waals surface area contributed by atoms with Gasteiger partial charge in [-0.25, -0.2) is 0 Å². The molecule has 1 amide bonds. The average Bonchev–Trinajstić information content (AvgIpc) is 2.83. The maximum atomic E-state index is 11.8. The van der Waals surface area contributed by atoms with E-state index in [1.807, 2.05) is 13.0 Å². The first kappa shape index (κ1) is 14.1. The highest BCUT2D eigenvalue weighted by Gasteiger charge is 2.06. The first-order valence-corrected chi connectivity index (χ1v) is 6.41. The Balaban J connectivity index is 1.87. The standard InChI is InChI=1S/C14H18N4O2/c1-10-8-12(18-17-10)9-14(19)16-11-2-4-13(5-3-11)20-7-6-15/h2-5,8H,6-7,9,15H2,1H3,(H,16,19)(H,17,18). The number of hydrogen-bond acceptors (Lipinski definition) is 4. The fraction of sp³-hybridized carbons (Fsp3) is 0.286. The predicted octanol–water partition coefficient (Wildman–Crippen LogP) is 1.24. The van der Waals surface area contributed by atoms with E-state index < -0.39 is 0 Å². The zero-order valence-electron chi connectivity index (χ0n) is 11.3. The molecule has 0 saturated heterocycles. The molecule has 0 aliphatic rings. The summed E-state index contributed by atoms with van der Waals surface area (Å²) < 4.78 is 5.36. The molecular formula is C14H18N4O2. The van der Waals surface area contributed by atoms with E-state index in [0.717, 1.165) is 22.8 Å². The topological polar surface area (TPSA) is 93.0 Å². The number of hydrogen-bond donors (Lipinski definition) is 3. The summed E-state index contributed by atoms with van der Waals surface area (Å²) >= 11 is 0. The molecule has 1 heterocycles. The average molecular weight is 274 g/mol. The minimum atomic E-state index is -0.105. The van der Waals surface area contributed by atoms with Gasteiger partial charge in [0.15, 0.2) is 0 Å². The number of H-pyrrole nitrogens is 1. The van der Waals surface area contributed by atoms with Crippen LogP contribution in [-0.2, 0) is 11.2 Å². The molecule has 0 atom stereocenters. The molecule has 0 unspecified atom stereocenters. The molecule has 106 valence electrons. The molecule has 0 aliphatic heterocycles. The van der Waals surface area contributed by atoms with Crippen molar-refractivity contribution in [3.8, 4) is 5.75 Å². The molecule has 0 bridgehead atoms. The zero-order valence-corrected chi connectivity index (χ0v) is 11.3. The van der Waals surface area contributed by atoms with Gasteiger partial charge in [0, 0.05) is 17.9 Å². The second-order valence-corrected chi connectivity index (χ2v) is 4.43. The normalized spacial score (nSPS) is 10.3. The Morgan fingerprint density at radius 3 is 2.75 bits per heavy atom. The molecule has 0 fully saturated rings. The highest BCUT2D eigenvalue weighted by molar-refractivity contribution is 5.92. The highest BCUT2D eigenvalue weighted by Crippen LogP contribution is 2.15. The summed E-state index contributed by atoms with van der Waals surface area (Å²) in [6.07, 6.45) is 0.246. The lowest BCUT2D eigenvalue weighted by Crippen LogP contribution is -2.14. The smallest absolute Gasteiger partial charge is 0.230 e. The zero-order chi connectivity index (χ0) is 14.4. The van der Waals surface area contributed by atoms with Gasteiger partial charge in [-0.15, -0.1) is 0 Å². The van der Waals surface area contributed by atoms with Crippen LogP contribution in [0.25, 0.3) is 0 Å². The SMILES string of the molecule is Cc1cc(CC(=O)Nc2ccc(OCCN)cc2)n[nH]1. The number of aromatic amines is 1. The Morgan fingerprint density at radius 2 is 2.15 bits per heavy atom. The third-order valence-electron chi connectivity index (χ3n) is 2.63. The molecule has 0 radical (unpaired) electrons. The predicted molar refractivity (Wildman–Crippen MR) is 76.6 cm³/mol. The maximum Gasteiger partial charge on any atom is 0.230 e. The minimum absolute atomic E-state index is 0.105. The van der Waals surface area contributed by atoms with Crippen molar-refractivity contribution in [2.24, 2.45) is 5.73 Å². The summed E-state index contributed by atoms with van der Waals surface area (Å²) in [7, 11) is 0. The van der Waals surface area contributed by atoms with E-state index in [1.165, 1.54) is 0 Å². The molecule has 0 aliphatic carbocycles. The van der Waals surface area contributed by atoms with Crippen molar-refractivity contribution in [1.29, 1.82) is 0 Å². The first-order valence-electron chi connectivity index (χ1n) is 6.41. The van der Waals surface area contributed by atoms with Gasteiger partial charge in [0.2, 0.25) is 5.91 Å². The Hall–Kier alpha value is -2.34. The molecule has 6 heteroatoms. The van der Waals surface area contributed by atoms with Gasteiger partial charge in [0.25, 0.3) is 0 Å².